The Morgan fingerprint density at radius 3 is 1.30 bits per heavy atom. The molecule has 2 heterocycles. The minimum absolute atomic E-state index is 1.18. The largest absolute Gasteiger partial charge is 0.133 e. The zero-order valence-corrected chi connectivity index (χ0v) is 22.1. The van der Waals surface area contributed by atoms with Gasteiger partial charge in [0.2, 0.25) is 0 Å². The van der Waals surface area contributed by atoms with Gasteiger partial charge in [0, 0.05) is 20.2 Å². The smallest absolute Gasteiger partial charge is 0.129 e. The summed E-state index contributed by atoms with van der Waals surface area (Å²) in [5, 5.41) is 2.54. The fourth-order valence-corrected chi connectivity index (χ4v) is 6.62. The number of thiophene rings is 2. The van der Waals surface area contributed by atoms with Crippen LogP contribution < -0.4 is 0 Å². The Labute approximate surface area is 190 Å². The Morgan fingerprint density at radius 2 is 0.933 bits per heavy atom. The van der Waals surface area contributed by atoms with Gasteiger partial charge in [-0.25, -0.2) is 0 Å². The van der Waals surface area contributed by atoms with Crippen molar-refractivity contribution in [2.45, 2.75) is 39.3 Å². The van der Waals surface area contributed by atoms with Gasteiger partial charge in [0.1, 0.15) is 16.1 Å². The van der Waals surface area contributed by atoms with E-state index in [4.69, 9.17) is 0 Å². The molecule has 150 valence electrons. The van der Waals surface area contributed by atoms with E-state index in [1.807, 2.05) is 22.7 Å². The summed E-state index contributed by atoms with van der Waals surface area (Å²) in [5.41, 5.74) is 9.58. The molecule has 0 radical (unpaired) electrons. The van der Waals surface area contributed by atoms with Crippen molar-refractivity contribution >= 4 is 59.0 Å². The number of rotatable bonds is 1. The molecule has 0 spiro atoms. The van der Waals surface area contributed by atoms with Crippen molar-refractivity contribution in [3.05, 3.63) is 59.7 Å². The van der Waals surface area contributed by atoms with Crippen LogP contribution in [0.25, 0.3) is 29.9 Å². The molecular weight excluding hydrogens is 433 g/mol. The highest BCUT2D eigenvalue weighted by Crippen LogP contribution is 2.45. The minimum Gasteiger partial charge on any atom is -0.133 e. The molecule has 0 amide bonds. The summed E-state index contributed by atoms with van der Waals surface area (Å²) in [7, 11) is -2.97. The van der Waals surface area contributed by atoms with Gasteiger partial charge >= 0.3 is 0 Å². The van der Waals surface area contributed by atoms with Crippen LogP contribution in [0.1, 0.15) is 11.1 Å². The maximum absolute atomic E-state index is 3.61. The van der Waals surface area contributed by atoms with Gasteiger partial charge in [-0.3, -0.25) is 0 Å². The topological polar surface area (TPSA) is 0 Å². The van der Waals surface area contributed by atoms with Crippen LogP contribution >= 0.6 is 22.7 Å². The van der Waals surface area contributed by atoms with Crippen molar-refractivity contribution in [1.29, 1.82) is 0 Å². The molecule has 2 aromatic heterocycles. The van der Waals surface area contributed by atoms with E-state index in [1.54, 1.807) is 0 Å². The molecule has 0 atom stereocenters. The van der Waals surface area contributed by atoms with Crippen LogP contribution in [0.5, 0.6) is 0 Å². The molecule has 0 aliphatic rings. The molecule has 4 aromatic rings. The lowest BCUT2D eigenvalue weighted by Crippen LogP contribution is -2.16. The molecule has 0 aliphatic carbocycles. The second kappa shape index (κ2) is 7.87. The Hall–Kier alpha value is -2.09. The van der Waals surface area contributed by atoms with Gasteiger partial charge in [0.15, 0.2) is 0 Å². The SMILES string of the molecule is C[Si](C)(C)C#Cc1c(-c2sc3ccccc3c2C#C[Si](C)(C)C)sc2ccccc12. The van der Waals surface area contributed by atoms with Gasteiger partial charge in [0.25, 0.3) is 0 Å². The van der Waals surface area contributed by atoms with E-state index in [1.165, 1.54) is 41.1 Å². The van der Waals surface area contributed by atoms with E-state index < -0.39 is 16.1 Å². The van der Waals surface area contributed by atoms with Crippen molar-refractivity contribution in [3.8, 4) is 32.7 Å². The average molecular weight is 459 g/mol. The average Bonchev–Trinajstić information content (AvgIpc) is 3.21. The lowest BCUT2D eigenvalue weighted by molar-refractivity contribution is 1.77. The molecular formula is C26H26S2Si2. The van der Waals surface area contributed by atoms with Gasteiger partial charge in [-0.15, -0.1) is 33.8 Å². The molecule has 0 saturated heterocycles. The van der Waals surface area contributed by atoms with E-state index >= 15 is 0 Å². The van der Waals surface area contributed by atoms with Gasteiger partial charge in [-0.2, -0.15) is 0 Å². The third-order valence-electron chi connectivity index (χ3n) is 4.52. The van der Waals surface area contributed by atoms with Crippen molar-refractivity contribution in [3.63, 3.8) is 0 Å². The van der Waals surface area contributed by atoms with Crippen LogP contribution in [0.2, 0.25) is 39.3 Å². The van der Waals surface area contributed by atoms with Crippen molar-refractivity contribution in [2.24, 2.45) is 0 Å². The highest BCUT2D eigenvalue weighted by atomic mass is 32.1. The van der Waals surface area contributed by atoms with E-state index in [0.29, 0.717) is 0 Å². The highest BCUT2D eigenvalue weighted by Gasteiger charge is 2.20. The zero-order valence-electron chi connectivity index (χ0n) is 18.4. The first-order chi connectivity index (χ1) is 14.1. The lowest BCUT2D eigenvalue weighted by atomic mass is 10.1. The Kier molecular flexibility index (Phi) is 5.55. The number of benzene rings is 2. The second-order valence-corrected chi connectivity index (χ2v) is 21.2. The third-order valence-corrected chi connectivity index (χ3v) is 8.78. The standard InChI is InChI=1S/C26H26S2Si2/c1-29(2,3)17-15-21-19-11-7-9-13-23(19)27-25(21)26-22(16-18-30(4,5)6)20-12-8-10-14-24(20)28-26/h7-14H,1-6H3. The molecule has 0 unspecified atom stereocenters. The fourth-order valence-electron chi connectivity index (χ4n) is 3.16. The summed E-state index contributed by atoms with van der Waals surface area (Å²) < 4.78 is 2.60. The van der Waals surface area contributed by atoms with E-state index in [9.17, 15) is 0 Å². The summed E-state index contributed by atoms with van der Waals surface area (Å²) in [6.07, 6.45) is 0. The molecule has 4 rings (SSSR count). The van der Waals surface area contributed by atoms with Gasteiger partial charge in [0.05, 0.1) is 20.9 Å². The number of hydrogen-bond acceptors (Lipinski definition) is 2. The van der Waals surface area contributed by atoms with Crippen LogP contribution in [0.4, 0.5) is 0 Å². The third kappa shape index (κ3) is 4.48. The minimum atomic E-state index is -1.49. The number of hydrogen-bond donors (Lipinski definition) is 0. The van der Waals surface area contributed by atoms with Crippen LogP contribution in [-0.2, 0) is 0 Å². The summed E-state index contributed by atoms with van der Waals surface area (Å²) >= 11 is 3.71. The Balaban J connectivity index is 2.05. The molecule has 2 aromatic carbocycles. The molecule has 0 fully saturated rings. The first-order valence-corrected chi connectivity index (χ1v) is 18.9. The van der Waals surface area contributed by atoms with Crippen LogP contribution in [0, 0.1) is 22.9 Å². The summed E-state index contributed by atoms with van der Waals surface area (Å²) in [6.45, 7) is 13.8. The zero-order chi connectivity index (χ0) is 21.5. The highest BCUT2D eigenvalue weighted by molar-refractivity contribution is 7.29. The molecule has 0 saturated carbocycles. The van der Waals surface area contributed by atoms with Crippen LogP contribution in [0.3, 0.4) is 0 Å². The maximum atomic E-state index is 3.61. The lowest BCUT2D eigenvalue weighted by Gasteiger charge is -2.05. The first-order valence-electron chi connectivity index (χ1n) is 10.2. The fraction of sp³-hybridized carbons (Fsp3) is 0.231. The van der Waals surface area contributed by atoms with Crippen molar-refractivity contribution in [2.75, 3.05) is 0 Å². The predicted molar refractivity (Wildman–Crippen MR) is 143 cm³/mol. The molecule has 0 aliphatic heterocycles. The molecule has 0 N–H and O–H groups in total. The summed E-state index contributed by atoms with van der Waals surface area (Å²) in [6, 6.07) is 17.3. The van der Waals surface area contributed by atoms with E-state index in [2.05, 4.69) is 111 Å². The molecule has 0 bridgehead atoms. The quantitative estimate of drug-likeness (QED) is 0.199. The maximum Gasteiger partial charge on any atom is 0.129 e. The van der Waals surface area contributed by atoms with E-state index in [0.717, 1.165) is 0 Å². The predicted octanol–water partition coefficient (Wildman–Crippen LogP) is 8.24. The summed E-state index contributed by atoms with van der Waals surface area (Å²) in [4.78, 5) is 2.56. The molecule has 4 heteroatoms. The monoisotopic (exact) mass is 458 g/mol. The van der Waals surface area contributed by atoms with Gasteiger partial charge in [-0.1, -0.05) is 87.5 Å². The van der Waals surface area contributed by atoms with Crippen molar-refractivity contribution in [1.82, 2.24) is 0 Å². The normalized spacial score (nSPS) is 11.8. The Morgan fingerprint density at radius 1 is 0.567 bits per heavy atom. The van der Waals surface area contributed by atoms with Gasteiger partial charge in [-0.05, 0) is 12.1 Å². The van der Waals surface area contributed by atoms with Crippen LogP contribution in [-0.4, -0.2) is 16.1 Å². The number of fused-ring (bicyclic) bond motifs is 2. The van der Waals surface area contributed by atoms with E-state index in [-0.39, 0.29) is 0 Å². The second-order valence-electron chi connectivity index (χ2n) is 9.60. The summed E-state index contributed by atoms with van der Waals surface area (Å²) in [5.74, 6) is 7.22. The Bertz CT molecular complexity index is 1260. The molecule has 30 heavy (non-hydrogen) atoms. The van der Waals surface area contributed by atoms with Gasteiger partial charge < -0.3 is 0 Å². The first kappa shape index (κ1) is 21.2. The van der Waals surface area contributed by atoms with Crippen molar-refractivity contribution < 1.29 is 0 Å². The molecule has 0 nitrogen and oxygen atoms in total. The van der Waals surface area contributed by atoms with Crippen LogP contribution in [0.15, 0.2) is 48.5 Å².